The van der Waals surface area contributed by atoms with Crippen LogP contribution in [-0.2, 0) is 26.1 Å². The number of carbonyl (C=O) groups is 1. The fraction of sp³-hybridized carbons (Fsp3) is 0.552. The van der Waals surface area contributed by atoms with E-state index in [0.29, 0.717) is 24.3 Å². The van der Waals surface area contributed by atoms with Crippen LogP contribution in [0.3, 0.4) is 0 Å². The number of piperidine rings is 2. The van der Waals surface area contributed by atoms with Crippen molar-refractivity contribution in [3.05, 3.63) is 42.0 Å². The summed E-state index contributed by atoms with van der Waals surface area (Å²) in [7, 11) is 1.38. The van der Waals surface area contributed by atoms with E-state index >= 15 is 0 Å². The van der Waals surface area contributed by atoms with Crippen LogP contribution in [0.25, 0.3) is 0 Å². The van der Waals surface area contributed by atoms with Crippen molar-refractivity contribution in [2.24, 2.45) is 0 Å². The van der Waals surface area contributed by atoms with E-state index in [0.717, 1.165) is 43.9 Å². The van der Waals surface area contributed by atoms with Gasteiger partial charge in [0, 0.05) is 51.6 Å². The molecule has 0 bridgehead atoms. The summed E-state index contributed by atoms with van der Waals surface area (Å²) < 4.78 is 35.3. The van der Waals surface area contributed by atoms with Crippen molar-refractivity contribution < 1.29 is 17.9 Å². The molecule has 2 aromatic rings. The largest absolute Gasteiger partial charge is 0.388 e. The average Bonchev–Trinajstić information content (AvgIpc) is 2.97. The van der Waals surface area contributed by atoms with E-state index in [1.54, 1.807) is 33.3 Å². The molecule has 1 unspecified atom stereocenters. The third-order valence-electron chi connectivity index (χ3n) is 7.67. The van der Waals surface area contributed by atoms with Gasteiger partial charge in [-0.3, -0.25) is 9.69 Å². The normalized spacial score (nSPS) is 18.7. The molecule has 1 atom stereocenters. The molecule has 40 heavy (non-hydrogen) atoms. The molecule has 4 rings (SSSR count). The molecule has 1 amide bonds. The number of carbonyl (C=O) groups excluding carboxylic acids is 1. The summed E-state index contributed by atoms with van der Waals surface area (Å²) in [5.41, 5.74) is 3.75. The van der Waals surface area contributed by atoms with Crippen molar-refractivity contribution in [3.8, 4) is 0 Å². The summed E-state index contributed by atoms with van der Waals surface area (Å²) in [6.45, 7) is 3.54. The van der Waals surface area contributed by atoms with Gasteiger partial charge in [-0.2, -0.15) is 4.31 Å². The number of hydrogen-bond acceptors (Lipinski definition) is 8. The molecule has 10 nitrogen and oxygen atoms in total. The molecule has 220 valence electrons. The lowest BCUT2D eigenvalue weighted by Gasteiger charge is -2.35. The Morgan fingerprint density at radius 2 is 1.60 bits per heavy atom. The number of benzene rings is 2. The van der Waals surface area contributed by atoms with Crippen molar-refractivity contribution in [2.75, 3.05) is 75.3 Å². The number of amides is 1. The second-order valence-corrected chi connectivity index (χ2v) is 12.3. The minimum Gasteiger partial charge on any atom is -0.388 e. The Morgan fingerprint density at radius 3 is 2.27 bits per heavy atom. The van der Waals surface area contributed by atoms with E-state index in [-0.39, 0.29) is 30.1 Å². The monoisotopic (exact) mass is 572 g/mol. The molecule has 2 aliphatic heterocycles. The van der Waals surface area contributed by atoms with Gasteiger partial charge in [0.2, 0.25) is 15.9 Å². The standard InChI is InChI=1S/C29H44N6O4S/c1-30-24-17-26(31-2)29(27(18-24)32-3)40(37,38)35-15-8-5-12-25(35)20-39-21-28(36)33-23-11-9-10-22(16-23)19-34-13-6-4-7-14-34/h9-11,16-18,25,30-32H,4-8,12-15,19-21H2,1-3H3,(H,33,36). The smallest absolute Gasteiger partial charge is 0.250 e. The number of hydrogen-bond donors (Lipinski definition) is 4. The van der Waals surface area contributed by atoms with E-state index in [4.69, 9.17) is 4.74 Å². The first-order chi connectivity index (χ1) is 19.3. The molecule has 0 aliphatic carbocycles. The Kier molecular flexibility index (Phi) is 10.7. The van der Waals surface area contributed by atoms with Gasteiger partial charge in [0.05, 0.1) is 18.0 Å². The third kappa shape index (κ3) is 7.45. The summed E-state index contributed by atoms with van der Waals surface area (Å²) in [4.78, 5) is 15.3. The molecular weight excluding hydrogens is 528 g/mol. The quantitative estimate of drug-likeness (QED) is 0.302. The summed E-state index contributed by atoms with van der Waals surface area (Å²) in [5, 5.41) is 12.1. The fourth-order valence-corrected chi connectivity index (χ4v) is 7.65. The Balaban J connectivity index is 1.37. The maximum Gasteiger partial charge on any atom is 0.250 e. The van der Waals surface area contributed by atoms with Crippen LogP contribution < -0.4 is 21.3 Å². The number of rotatable bonds is 12. The van der Waals surface area contributed by atoms with Crippen LogP contribution in [0.5, 0.6) is 0 Å². The zero-order valence-corrected chi connectivity index (χ0v) is 24.8. The molecule has 2 fully saturated rings. The molecule has 4 N–H and O–H groups in total. The molecule has 2 saturated heterocycles. The molecule has 0 saturated carbocycles. The first-order valence-electron chi connectivity index (χ1n) is 14.3. The predicted molar refractivity (Wildman–Crippen MR) is 162 cm³/mol. The van der Waals surface area contributed by atoms with Gasteiger partial charge in [0.1, 0.15) is 11.5 Å². The van der Waals surface area contributed by atoms with Gasteiger partial charge in [-0.05, 0) is 68.6 Å². The van der Waals surface area contributed by atoms with Gasteiger partial charge in [-0.1, -0.05) is 25.0 Å². The number of anilines is 4. The summed E-state index contributed by atoms with van der Waals surface area (Å²) in [5.74, 6) is -0.252. The maximum absolute atomic E-state index is 14.0. The van der Waals surface area contributed by atoms with Crippen molar-refractivity contribution in [1.29, 1.82) is 0 Å². The third-order valence-corrected chi connectivity index (χ3v) is 9.72. The zero-order chi connectivity index (χ0) is 28.5. The zero-order valence-electron chi connectivity index (χ0n) is 24.0. The van der Waals surface area contributed by atoms with Gasteiger partial charge < -0.3 is 26.0 Å². The lowest BCUT2D eigenvalue weighted by Crippen LogP contribution is -2.46. The van der Waals surface area contributed by atoms with E-state index in [2.05, 4.69) is 32.2 Å². The highest BCUT2D eigenvalue weighted by atomic mass is 32.2. The highest BCUT2D eigenvalue weighted by molar-refractivity contribution is 7.89. The first kappa shape index (κ1) is 30.1. The van der Waals surface area contributed by atoms with Crippen LogP contribution in [-0.4, -0.2) is 83.6 Å². The minimum absolute atomic E-state index is 0.138. The molecule has 0 spiro atoms. The SMILES string of the molecule is CNc1cc(NC)c(S(=O)(=O)N2CCCCC2COCC(=O)Nc2cccc(CN3CCCCC3)c2)c(NC)c1. The van der Waals surface area contributed by atoms with Crippen LogP contribution >= 0.6 is 0 Å². The van der Waals surface area contributed by atoms with Gasteiger partial charge in [0.25, 0.3) is 0 Å². The van der Waals surface area contributed by atoms with Crippen LogP contribution in [0.2, 0.25) is 0 Å². The number of nitrogens with one attached hydrogen (secondary N) is 4. The summed E-state index contributed by atoms with van der Waals surface area (Å²) in [6, 6.07) is 11.2. The molecule has 11 heteroatoms. The van der Waals surface area contributed by atoms with Gasteiger partial charge in [0.15, 0.2) is 0 Å². The second kappa shape index (κ2) is 14.2. The molecule has 2 heterocycles. The highest BCUT2D eigenvalue weighted by Crippen LogP contribution is 2.37. The van der Waals surface area contributed by atoms with E-state index < -0.39 is 10.0 Å². The van der Waals surface area contributed by atoms with E-state index in [1.807, 2.05) is 18.2 Å². The van der Waals surface area contributed by atoms with Gasteiger partial charge in [-0.15, -0.1) is 0 Å². The Bertz CT molecular complexity index is 1220. The van der Waals surface area contributed by atoms with Crippen molar-refractivity contribution in [1.82, 2.24) is 9.21 Å². The molecule has 2 aliphatic rings. The van der Waals surface area contributed by atoms with Crippen LogP contribution in [0, 0.1) is 0 Å². The van der Waals surface area contributed by atoms with Gasteiger partial charge >= 0.3 is 0 Å². The number of sulfonamides is 1. The molecule has 0 aromatic heterocycles. The van der Waals surface area contributed by atoms with Crippen LogP contribution in [0.4, 0.5) is 22.7 Å². The maximum atomic E-state index is 14.0. The Morgan fingerprint density at radius 1 is 0.900 bits per heavy atom. The molecule has 2 aromatic carbocycles. The number of ether oxygens (including phenoxy) is 1. The van der Waals surface area contributed by atoms with Gasteiger partial charge in [-0.25, -0.2) is 8.42 Å². The van der Waals surface area contributed by atoms with Crippen LogP contribution in [0.15, 0.2) is 41.3 Å². The van der Waals surface area contributed by atoms with E-state index in [9.17, 15) is 13.2 Å². The minimum atomic E-state index is -3.84. The summed E-state index contributed by atoms with van der Waals surface area (Å²) >= 11 is 0. The van der Waals surface area contributed by atoms with Crippen molar-refractivity contribution in [3.63, 3.8) is 0 Å². The topological polar surface area (TPSA) is 115 Å². The van der Waals surface area contributed by atoms with Crippen molar-refractivity contribution >= 4 is 38.7 Å². The highest BCUT2D eigenvalue weighted by Gasteiger charge is 2.36. The second-order valence-electron chi connectivity index (χ2n) is 10.5. The Labute approximate surface area is 238 Å². The Hall–Kier alpha value is -2.86. The predicted octanol–water partition coefficient (Wildman–Crippen LogP) is 4.00. The molecular formula is C29H44N6O4S. The first-order valence-corrected chi connectivity index (χ1v) is 15.7. The van der Waals surface area contributed by atoms with Crippen molar-refractivity contribution in [2.45, 2.75) is 56.0 Å². The number of nitrogens with zero attached hydrogens (tertiary/aromatic N) is 2. The summed E-state index contributed by atoms with van der Waals surface area (Å²) in [6.07, 6.45) is 6.15. The average molecular weight is 573 g/mol. The van der Waals surface area contributed by atoms with E-state index in [1.165, 1.54) is 29.1 Å². The van der Waals surface area contributed by atoms with Crippen LogP contribution in [0.1, 0.15) is 44.1 Å². The number of likely N-dealkylation sites (tertiary alicyclic amines) is 1. The lowest BCUT2D eigenvalue weighted by atomic mass is 10.1. The fourth-order valence-electron chi connectivity index (χ4n) is 5.60. The lowest BCUT2D eigenvalue weighted by molar-refractivity contribution is -0.121. The molecule has 0 radical (unpaired) electrons.